The first-order chi connectivity index (χ1) is 8.56. The Hall–Kier alpha value is -1.82. The van der Waals surface area contributed by atoms with Gasteiger partial charge in [-0.25, -0.2) is 14.8 Å². The van der Waals surface area contributed by atoms with Gasteiger partial charge in [-0.2, -0.15) is 0 Å². The number of furan rings is 1. The lowest BCUT2D eigenvalue weighted by molar-refractivity contribution is 0.0659. The third kappa shape index (κ3) is 2.89. The van der Waals surface area contributed by atoms with Crippen LogP contribution < -0.4 is 0 Å². The molecule has 0 unspecified atom stereocenters. The zero-order valence-corrected chi connectivity index (χ0v) is 10.8. The molecule has 0 saturated heterocycles. The van der Waals surface area contributed by atoms with Gasteiger partial charge in [-0.05, 0) is 26.0 Å². The lowest BCUT2D eigenvalue weighted by Crippen LogP contribution is -1.95. The van der Waals surface area contributed by atoms with Crippen molar-refractivity contribution >= 4 is 17.7 Å². The fourth-order valence-electron chi connectivity index (χ4n) is 1.46. The summed E-state index contributed by atoms with van der Waals surface area (Å²) in [5, 5.41) is 9.53. The van der Waals surface area contributed by atoms with E-state index < -0.39 is 5.97 Å². The predicted molar refractivity (Wildman–Crippen MR) is 66.7 cm³/mol. The zero-order valence-electron chi connectivity index (χ0n) is 10.0. The van der Waals surface area contributed by atoms with Crippen LogP contribution in [0.25, 0.3) is 0 Å². The second-order valence-electron chi connectivity index (χ2n) is 3.80. The van der Waals surface area contributed by atoms with E-state index in [0.717, 1.165) is 5.69 Å². The van der Waals surface area contributed by atoms with E-state index in [1.54, 1.807) is 19.2 Å². The first-order valence-corrected chi connectivity index (χ1v) is 6.30. The number of nitrogens with zero attached hydrogens (tertiary/aromatic N) is 2. The molecule has 18 heavy (non-hydrogen) atoms. The summed E-state index contributed by atoms with van der Waals surface area (Å²) in [6, 6.07) is 3.55. The SMILES string of the molecule is Cc1ccnc(SCc2cc(C)c(C(=O)O)o2)n1. The third-order valence-electron chi connectivity index (χ3n) is 2.28. The molecule has 6 heteroatoms. The smallest absolute Gasteiger partial charge is 0.372 e. The number of carboxylic acid groups (broad SMARTS) is 1. The summed E-state index contributed by atoms with van der Waals surface area (Å²) >= 11 is 1.41. The molecule has 2 rings (SSSR count). The summed E-state index contributed by atoms with van der Waals surface area (Å²) < 4.78 is 5.25. The van der Waals surface area contributed by atoms with Gasteiger partial charge >= 0.3 is 5.97 Å². The highest BCUT2D eigenvalue weighted by molar-refractivity contribution is 7.98. The number of thioether (sulfide) groups is 1. The highest BCUT2D eigenvalue weighted by atomic mass is 32.2. The Bertz CT molecular complexity index is 580. The molecular weight excluding hydrogens is 252 g/mol. The van der Waals surface area contributed by atoms with Crippen molar-refractivity contribution in [3.63, 3.8) is 0 Å². The van der Waals surface area contributed by atoms with E-state index in [-0.39, 0.29) is 5.76 Å². The Labute approximate surface area is 108 Å². The Balaban J connectivity index is 2.06. The van der Waals surface area contributed by atoms with E-state index in [4.69, 9.17) is 9.52 Å². The van der Waals surface area contributed by atoms with Crippen molar-refractivity contribution in [3.8, 4) is 0 Å². The summed E-state index contributed by atoms with van der Waals surface area (Å²) in [4.78, 5) is 19.2. The molecule has 0 aliphatic rings. The van der Waals surface area contributed by atoms with Gasteiger partial charge in [0, 0.05) is 17.5 Å². The fraction of sp³-hybridized carbons (Fsp3) is 0.250. The molecule has 2 aromatic heterocycles. The zero-order chi connectivity index (χ0) is 13.1. The molecule has 0 aromatic carbocycles. The van der Waals surface area contributed by atoms with Gasteiger partial charge in [-0.15, -0.1) is 0 Å². The van der Waals surface area contributed by atoms with Crippen LogP contribution in [0.5, 0.6) is 0 Å². The Kier molecular flexibility index (Phi) is 3.66. The molecule has 0 saturated carbocycles. The number of aromatic carboxylic acids is 1. The number of aryl methyl sites for hydroxylation is 2. The van der Waals surface area contributed by atoms with E-state index in [2.05, 4.69) is 9.97 Å². The van der Waals surface area contributed by atoms with Crippen LogP contribution in [0.1, 0.15) is 27.6 Å². The van der Waals surface area contributed by atoms with Crippen LogP contribution in [0.2, 0.25) is 0 Å². The summed E-state index contributed by atoms with van der Waals surface area (Å²) in [6.07, 6.45) is 1.70. The van der Waals surface area contributed by atoms with Crippen molar-refractivity contribution < 1.29 is 14.3 Å². The summed E-state index contributed by atoms with van der Waals surface area (Å²) in [5.41, 5.74) is 1.53. The Morgan fingerprint density at radius 3 is 2.89 bits per heavy atom. The number of hydrogen-bond acceptors (Lipinski definition) is 5. The Morgan fingerprint density at radius 2 is 2.28 bits per heavy atom. The highest BCUT2D eigenvalue weighted by Gasteiger charge is 2.14. The van der Waals surface area contributed by atoms with E-state index in [0.29, 0.717) is 22.2 Å². The molecule has 2 heterocycles. The topological polar surface area (TPSA) is 76.2 Å². The van der Waals surface area contributed by atoms with Crippen molar-refractivity contribution in [2.45, 2.75) is 24.8 Å². The van der Waals surface area contributed by atoms with Gasteiger partial charge in [0.1, 0.15) is 5.76 Å². The van der Waals surface area contributed by atoms with Gasteiger partial charge in [-0.3, -0.25) is 0 Å². The monoisotopic (exact) mass is 264 g/mol. The second kappa shape index (κ2) is 5.22. The molecular formula is C12H12N2O3S. The van der Waals surface area contributed by atoms with Crippen molar-refractivity contribution in [3.05, 3.63) is 41.1 Å². The van der Waals surface area contributed by atoms with Gasteiger partial charge in [0.2, 0.25) is 5.76 Å². The normalized spacial score (nSPS) is 10.6. The van der Waals surface area contributed by atoms with Crippen LogP contribution in [-0.2, 0) is 5.75 Å². The molecule has 0 atom stereocenters. The highest BCUT2D eigenvalue weighted by Crippen LogP contribution is 2.23. The van der Waals surface area contributed by atoms with E-state index in [1.807, 2.05) is 13.0 Å². The molecule has 5 nitrogen and oxygen atoms in total. The maximum atomic E-state index is 10.8. The second-order valence-corrected chi connectivity index (χ2v) is 4.74. The minimum atomic E-state index is -1.05. The van der Waals surface area contributed by atoms with Crippen LogP contribution in [0.3, 0.4) is 0 Å². The van der Waals surface area contributed by atoms with Crippen LogP contribution >= 0.6 is 11.8 Å². The molecule has 0 fully saturated rings. The molecule has 0 aliphatic carbocycles. The number of hydrogen-bond donors (Lipinski definition) is 1. The van der Waals surface area contributed by atoms with Crippen LogP contribution in [-0.4, -0.2) is 21.0 Å². The van der Waals surface area contributed by atoms with E-state index in [1.165, 1.54) is 11.8 Å². The molecule has 94 valence electrons. The minimum Gasteiger partial charge on any atom is -0.475 e. The predicted octanol–water partition coefficient (Wildman–Crippen LogP) is 2.68. The van der Waals surface area contributed by atoms with E-state index >= 15 is 0 Å². The largest absolute Gasteiger partial charge is 0.475 e. The number of carbonyl (C=O) groups is 1. The average Bonchev–Trinajstić information content (AvgIpc) is 2.68. The van der Waals surface area contributed by atoms with Gasteiger partial charge in [0.15, 0.2) is 5.16 Å². The number of aromatic nitrogens is 2. The number of rotatable bonds is 4. The molecule has 2 aromatic rings. The standard InChI is InChI=1S/C12H12N2O3S/c1-7-5-9(17-10(7)11(15)16)6-18-12-13-4-3-8(2)14-12/h3-5H,6H2,1-2H3,(H,15,16). The molecule has 0 spiro atoms. The van der Waals surface area contributed by atoms with Crippen molar-refractivity contribution in [2.24, 2.45) is 0 Å². The first kappa shape index (κ1) is 12.6. The summed E-state index contributed by atoms with van der Waals surface area (Å²) in [6.45, 7) is 3.61. The van der Waals surface area contributed by atoms with Crippen LogP contribution in [0.4, 0.5) is 0 Å². The van der Waals surface area contributed by atoms with Crippen LogP contribution in [0.15, 0.2) is 27.9 Å². The summed E-state index contributed by atoms with van der Waals surface area (Å²) in [5.74, 6) is 0.0729. The Morgan fingerprint density at radius 1 is 1.50 bits per heavy atom. The maximum Gasteiger partial charge on any atom is 0.372 e. The molecule has 0 bridgehead atoms. The lowest BCUT2D eigenvalue weighted by atomic mass is 10.3. The minimum absolute atomic E-state index is 0.00393. The van der Waals surface area contributed by atoms with Gasteiger partial charge in [0.25, 0.3) is 0 Å². The quantitative estimate of drug-likeness (QED) is 0.675. The third-order valence-corrected chi connectivity index (χ3v) is 3.16. The fourth-order valence-corrected chi connectivity index (χ4v) is 2.22. The van der Waals surface area contributed by atoms with Crippen LogP contribution in [0, 0.1) is 13.8 Å². The molecule has 0 radical (unpaired) electrons. The molecule has 0 amide bonds. The average molecular weight is 264 g/mol. The van der Waals surface area contributed by atoms with Crippen molar-refractivity contribution in [1.29, 1.82) is 0 Å². The molecule has 1 N–H and O–H groups in total. The van der Waals surface area contributed by atoms with Gasteiger partial charge in [0.05, 0.1) is 5.75 Å². The van der Waals surface area contributed by atoms with Crippen molar-refractivity contribution in [2.75, 3.05) is 0 Å². The first-order valence-electron chi connectivity index (χ1n) is 5.31. The molecule has 0 aliphatic heterocycles. The number of carboxylic acids is 1. The lowest BCUT2D eigenvalue weighted by Gasteiger charge is -1.98. The maximum absolute atomic E-state index is 10.8. The van der Waals surface area contributed by atoms with E-state index in [9.17, 15) is 4.79 Å². The summed E-state index contributed by atoms with van der Waals surface area (Å²) in [7, 11) is 0. The van der Waals surface area contributed by atoms with Crippen molar-refractivity contribution in [1.82, 2.24) is 9.97 Å². The van der Waals surface area contributed by atoms with Gasteiger partial charge < -0.3 is 9.52 Å². The van der Waals surface area contributed by atoms with Gasteiger partial charge in [-0.1, -0.05) is 11.8 Å².